The van der Waals surface area contributed by atoms with Crippen molar-refractivity contribution in [2.45, 2.75) is 17.5 Å². The van der Waals surface area contributed by atoms with E-state index in [1.165, 1.54) is 78.0 Å². The van der Waals surface area contributed by atoms with E-state index in [2.05, 4.69) is 30.4 Å². The topological polar surface area (TPSA) is 226 Å². The molecule has 0 spiro atoms. The van der Waals surface area contributed by atoms with E-state index in [1.807, 2.05) is 4.72 Å². The number of fused-ring (bicyclic) bond motifs is 1. The fourth-order valence-electron chi connectivity index (χ4n) is 4.84. The molecule has 0 aliphatic carbocycles. The van der Waals surface area contributed by atoms with Crippen molar-refractivity contribution in [3.63, 3.8) is 0 Å². The van der Waals surface area contributed by atoms with Crippen LogP contribution in [-0.4, -0.2) is 70.3 Å². The Morgan fingerprint density at radius 3 is 2.38 bits per heavy atom. The maximum absolute atomic E-state index is 15.0. The number of hydrogen-bond acceptors (Lipinski definition) is 11. The Morgan fingerprint density at radius 2 is 1.72 bits per heavy atom. The number of carboxylic acids is 1. The normalized spacial score (nSPS) is 12.1. The van der Waals surface area contributed by atoms with Crippen molar-refractivity contribution in [2.24, 2.45) is 7.05 Å². The van der Waals surface area contributed by atoms with Gasteiger partial charge in [0.2, 0.25) is 0 Å². The Balaban J connectivity index is 1.17. The number of nitrogens with one attached hydrogen (secondary N) is 2. The van der Waals surface area contributed by atoms with E-state index in [0.717, 1.165) is 10.6 Å². The number of amides is 1. The number of benzene rings is 1. The van der Waals surface area contributed by atoms with E-state index in [1.54, 1.807) is 0 Å². The number of carboxylic acid groups (broad SMARTS) is 1. The number of aromatic nitrogens is 8. The SMILES string of the molecule is Cn1c(=O)n(-c2ccc(C[C@H](NC(=O)c3cc(F)c(NS(=O)(=O)c4ccc(-n5cncn5)cn4)cc3F)C(=O)O)nc2)c(=O)c2ccncc21. The first-order valence-electron chi connectivity index (χ1n) is 14.2. The summed E-state index contributed by atoms with van der Waals surface area (Å²) < 4.78 is 60.9. The van der Waals surface area contributed by atoms with Crippen molar-refractivity contribution in [1.82, 2.24) is 44.2 Å². The minimum Gasteiger partial charge on any atom is -0.480 e. The summed E-state index contributed by atoms with van der Waals surface area (Å²) in [4.78, 5) is 66.5. The number of aryl methyl sites for hydroxylation is 1. The van der Waals surface area contributed by atoms with E-state index in [9.17, 15) is 37.1 Å². The predicted molar refractivity (Wildman–Crippen MR) is 169 cm³/mol. The number of sulfonamides is 1. The van der Waals surface area contributed by atoms with Gasteiger partial charge in [0.15, 0.2) is 5.03 Å². The molecule has 6 rings (SSSR count). The molecule has 0 radical (unpaired) electrons. The number of carbonyl (C=O) groups excluding carboxylic acids is 1. The van der Waals surface area contributed by atoms with Crippen LogP contribution in [-0.2, 0) is 28.3 Å². The first-order chi connectivity index (χ1) is 23.8. The van der Waals surface area contributed by atoms with Gasteiger partial charge in [0.25, 0.3) is 21.5 Å². The highest BCUT2D eigenvalue weighted by Gasteiger charge is 2.26. The minimum atomic E-state index is -4.51. The molecule has 0 fully saturated rings. The first kappa shape index (κ1) is 33.2. The van der Waals surface area contributed by atoms with Gasteiger partial charge in [-0.2, -0.15) is 13.5 Å². The number of aliphatic carboxylic acids is 1. The molecule has 0 aliphatic rings. The maximum atomic E-state index is 15.0. The second kappa shape index (κ2) is 13.1. The Morgan fingerprint density at radius 1 is 0.960 bits per heavy atom. The third kappa shape index (κ3) is 6.41. The van der Waals surface area contributed by atoms with Crippen LogP contribution in [0.2, 0.25) is 0 Å². The Hall–Kier alpha value is -6.70. The van der Waals surface area contributed by atoms with Crippen LogP contribution in [0.4, 0.5) is 14.5 Å². The van der Waals surface area contributed by atoms with Crippen molar-refractivity contribution in [1.29, 1.82) is 0 Å². The molecule has 1 atom stereocenters. The highest BCUT2D eigenvalue weighted by Crippen LogP contribution is 2.23. The van der Waals surface area contributed by atoms with Gasteiger partial charge in [-0.3, -0.25) is 28.8 Å². The molecule has 50 heavy (non-hydrogen) atoms. The van der Waals surface area contributed by atoms with E-state index >= 15 is 4.39 Å². The third-order valence-corrected chi connectivity index (χ3v) is 8.66. The fourth-order valence-corrected chi connectivity index (χ4v) is 5.83. The molecule has 0 saturated carbocycles. The number of halogens is 2. The molecule has 1 aromatic carbocycles. The van der Waals surface area contributed by atoms with Gasteiger partial charge in [-0.1, -0.05) is 0 Å². The van der Waals surface area contributed by atoms with Gasteiger partial charge < -0.3 is 10.4 Å². The lowest BCUT2D eigenvalue weighted by Gasteiger charge is -2.16. The lowest BCUT2D eigenvalue weighted by molar-refractivity contribution is -0.139. The number of rotatable bonds is 10. The standard InChI is InChI=1S/C30H22F2N10O7S/c1-40-25-13-33-7-6-19(25)28(44)42(30(40)47)18-3-2-16(35-12-18)8-24(29(45)46)38-27(43)20-9-22(32)23(10-21(20)31)39-50(48,49)26-5-4-17(11-36-26)41-15-34-14-37-41/h2-7,9-15,24,39H,8H2,1H3,(H,38,43)(H,45,46)/t24-/m0/s1. The van der Waals surface area contributed by atoms with Crippen LogP contribution in [0, 0.1) is 11.6 Å². The summed E-state index contributed by atoms with van der Waals surface area (Å²) in [5.41, 5.74) is -2.16. The summed E-state index contributed by atoms with van der Waals surface area (Å²) in [6, 6.07) is 5.76. The molecule has 5 aromatic heterocycles. The quantitative estimate of drug-likeness (QED) is 0.181. The van der Waals surface area contributed by atoms with Gasteiger partial charge in [0, 0.05) is 31.4 Å². The van der Waals surface area contributed by atoms with Crippen molar-refractivity contribution in [2.75, 3.05) is 4.72 Å². The van der Waals surface area contributed by atoms with Gasteiger partial charge in [-0.05, 0) is 36.4 Å². The average Bonchev–Trinajstić information content (AvgIpc) is 3.64. The Bertz CT molecular complexity index is 2510. The Kier molecular flexibility index (Phi) is 8.68. The van der Waals surface area contributed by atoms with E-state index < -0.39 is 73.5 Å². The molecule has 0 aliphatic heterocycles. The van der Waals surface area contributed by atoms with Crippen molar-refractivity contribution < 1.29 is 31.9 Å². The molecular weight excluding hydrogens is 682 g/mol. The van der Waals surface area contributed by atoms with Crippen LogP contribution >= 0.6 is 0 Å². The van der Waals surface area contributed by atoms with Crippen LogP contribution in [0.5, 0.6) is 0 Å². The number of carbonyl (C=O) groups is 2. The largest absolute Gasteiger partial charge is 0.480 e. The highest BCUT2D eigenvalue weighted by atomic mass is 32.2. The van der Waals surface area contributed by atoms with E-state index in [-0.39, 0.29) is 16.8 Å². The Labute approximate surface area is 278 Å². The summed E-state index contributed by atoms with van der Waals surface area (Å²) >= 11 is 0. The molecule has 0 bridgehead atoms. The van der Waals surface area contributed by atoms with Crippen LogP contribution in [0.25, 0.3) is 22.3 Å². The van der Waals surface area contributed by atoms with Crippen LogP contribution in [0.1, 0.15) is 16.1 Å². The second-order valence-corrected chi connectivity index (χ2v) is 12.2. The predicted octanol–water partition coefficient (Wildman–Crippen LogP) is 0.960. The molecule has 0 saturated heterocycles. The molecule has 17 nitrogen and oxygen atoms in total. The van der Waals surface area contributed by atoms with Gasteiger partial charge >= 0.3 is 11.7 Å². The number of anilines is 1. The molecule has 1 amide bonds. The molecule has 20 heteroatoms. The van der Waals surface area contributed by atoms with Crippen molar-refractivity contribution >= 4 is 38.5 Å². The zero-order valence-electron chi connectivity index (χ0n) is 25.4. The summed E-state index contributed by atoms with van der Waals surface area (Å²) in [5.74, 6) is -5.55. The number of pyridine rings is 3. The van der Waals surface area contributed by atoms with Gasteiger partial charge in [0.05, 0.1) is 52.1 Å². The molecule has 6 aromatic rings. The molecule has 3 N–H and O–H groups in total. The summed E-state index contributed by atoms with van der Waals surface area (Å²) in [5, 5.41) is 15.4. The monoisotopic (exact) mass is 704 g/mol. The smallest absolute Gasteiger partial charge is 0.335 e. The van der Waals surface area contributed by atoms with Crippen LogP contribution in [0.3, 0.4) is 0 Å². The van der Waals surface area contributed by atoms with E-state index in [4.69, 9.17) is 0 Å². The first-order valence-corrected chi connectivity index (χ1v) is 15.7. The van der Waals surface area contributed by atoms with E-state index in [0.29, 0.717) is 23.3 Å². The van der Waals surface area contributed by atoms with Gasteiger partial charge in [0.1, 0.15) is 30.3 Å². The maximum Gasteiger partial charge on any atom is 0.335 e. The molecule has 5 heterocycles. The molecule has 254 valence electrons. The molecular formula is C30H22F2N10O7S. The second-order valence-electron chi connectivity index (χ2n) is 10.6. The minimum absolute atomic E-state index is 0.0850. The lowest BCUT2D eigenvalue weighted by Crippen LogP contribution is -2.42. The molecule has 0 unspecified atom stereocenters. The highest BCUT2D eigenvalue weighted by molar-refractivity contribution is 7.92. The third-order valence-electron chi connectivity index (χ3n) is 7.38. The zero-order valence-corrected chi connectivity index (χ0v) is 26.2. The summed E-state index contributed by atoms with van der Waals surface area (Å²) in [6.07, 6.45) is 7.30. The van der Waals surface area contributed by atoms with Crippen LogP contribution in [0.15, 0.2) is 94.5 Å². The number of hydrogen-bond donors (Lipinski definition) is 3. The van der Waals surface area contributed by atoms with Crippen molar-refractivity contribution in [3.05, 3.63) is 124 Å². The fraction of sp³-hybridized carbons (Fsp3) is 0.100. The average molecular weight is 705 g/mol. The van der Waals surface area contributed by atoms with Gasteiger partial charge in [-0.15, -0.1) is 0 Å². The number of nitrogens with zero attached hydrogens (tertiary/aromatic N) is 8. The zero-order chi connectivity index (χ0) is 35.7. The van der Waals surface area contributed by atoms with Crippen LogP contribution < -0.4 is 21.3 Å². The lowest BCUT2D eigenvalue weighted by atomic mass is 10.1. The summed E-state index contributed by atoms with van der Waals surface area (Å²) in [6.45, 7) is 0. The summed E-state index contributed by atoms with van der Waals surface area (Å²) in [7, 11) is -3.05. The van der Waals surface area contributed by atoms with Crippen molar-refractivity contribution in [3.8, 4) is 11.4 Å². The van der Waals surface area contributed by atoms with Gasteiger partial charge in [-0.25, -0.2) is 37.6 Å².